The van der Waals surface area contributed by atoms with Gasteiger partial charge in [0.15, 0.2) is 5.65 Å². The third-order valence-electron chi connectivity index (χ3n) is 5.64. The fourth-order valence-electron chi connectivity index (χ4n) is 4.36. The van der Waals surface area contributed by atoms with Crippen LogP contribution in [0.1, 0.15) is 6.42 Å². The third-order valence-corrected chi connectivity index (χ3v) is 5.93. The zero-order valence-electron chi connectivity index (χ0n) is 16.0. The van der Waals surface area contributed by atoms with E-state index in [4.69, 9.17) is 26.8 Å². The van der Waals surface area contributed by atoms with E-state index in [2.05, 4.69) is 37.4 Å². The van der Waals surface area contributed by atoms with Gasteiger partial charge in [0.2, 0.25) is 5.88 Å². The van der Waals surface area contributed by atoms with Crippen molar-refractivity contribution in [1.82, 2.24) is 19.9 Å². The number of hydrogen-bond acceptors (Lipinski definition) is 7. The Hall–Kier alpha value is -3.33. The number of fused-ring (bicyclic) bond motifs is 3. The molecule has 1 saturated carbocycles. The summed E-state index contributed by atoms with van der Waals surface area (Å²) in [5, 5.41) is 3.89. The van der Waals surface area contributed by atoms with Gasteiger partial charge in [-0.1, -0.05) is 23.8 Å². The fourth-order valence-corrected chi connectivity index (χ4v) is 4.56. The average Bonchev–Trinajstić information content (AvgIpc) is 3.45. The van der Waals surface area contributed by atoms with Crippen LogP contribution < -0.4 is 15.8 Å². The summed E-state index contributed by atoms with van der Waals surface area (Å²) in [6.45, 7) is 0. The topological polar surface area (TPSA) is 128 Å². The number of nitrogens with one attached hydrogen (secondary N) is 2. The van der Waals surface area contributed by atoms with Crippen LogP contribution in [0.25, 0.3) is 22.6 Å². The molecule has 1 amide bonds. The normalized spacial score (nSPS) is 24.3. The second-order valence-corrected chi connectivity index (χ2v) is 7.75. The molecule has 4 atom stereocenters. The van der Waals surface area contributed by atoms with E-state index >= 15 is 0 Å². The molecule has 0 radical (unpaired) electrons. The molecule has 10 heteroatoms. The van der Waals surface area contributed by atoms with Crippen molar-refractivity contribution in [2.45, 2.75) is 18.6 Å². The molecule has 2 aliphatic carbocycles. The van der Waals surface area contributed by atoms with Gasteiger partial charge < -0.3 is 25.5 Å². The predicted octanol–water partition coefficient (Wildman–Crippen LogP) is 3.13. The third kappa shape index (κ3) is 3.02. The molecule has 3 aromatic heterocycles. The van der Waals surface area contributed by atoms with Crippen molar-refractivity contribution < 1.29 is 14.3 Å². The molecule has 5 rings (SSSR count). The van der Waals surface area contributed by atoms with E-state index in [0.29, 0.717) is 39.1 Å². The van der Waals surface area contributed by atoms with Crippen LogP contribution in [0.5, 0.6) is 5.88 Å². The van der Waals surface area contributed by atoms with Gasteiger partial charge in [-0.25, -0.2) is 19.7 Å². The highest BCUT2D eigenvalue weighted by molar-refractivity contribution is 6.34. The fraction of sp³-hybridized carbons (Fsp3) is 0.300. The van der Waals surface area contributed by atoms with Gasteiger partial charge in [-0.3, -0.25) is 0 Å². The van der Waals surface area contributed by atoms with Gasteiger partial charge in [0.1, 0.15) is 17.4 Å². The molecular formula is C20H19ClN6O3. The van der Waals surface area contributed by atoms with Crippen LogP contribution in [-0.4, -0.2) is 45.3 Å². The molecule has 4 N–H and O–H groups in total. The van der Waals surface area contributed by atoms with Crippen molar-refractivity contribution in [3.8, 4) is 17.3 Å². The lowest BCUT2D eigenvalue weighted by Crippen LogP contribution is -2.41. The molecule has 0 aliphatic heterocycles. The standard InChI is InChI=1S/C20H19ClN6O3/c1-29-19-11(3-2-6-23-19)17-26-15-14(12(21)8-24-18(15)27-17)25-13-9-4-5-10(7-9)16(13)30-20(22)28/h2-6,8-10,13,16H,7H2,1H3,(H2,22,28)(H2,24,25,26,27)/t9-,10+,13+,16-/m0/s1. The number of aromatic nitrogens is 4. The molecule has 1 fully saturated rings. The van der Waals surface area contributed by atoms with E-state index in [0.717, 1.165) is 6.42 Å². The van der Waals surface area contributed by atoms with Crippen molar-refractivity contribution in [2.24, 2.45) is 17.6 Å². The summed E-state index contributed by atoms with van der Waals surface area (Å²) in [5.41, 5.74) is 7.78. The summed E-state index contributed by atoms with van der Waals surface area (Å²) < 4.78 is 10.7. The molecule has 154 valence electrons. The van der Waals surface area contributed by atoms with Gasteiger partial charge in [0.05, 0.1) is 35.6 Å². The minimum Gasteiger partial charge on any atom is -0.480 e. The number of carbonyl (C=O) groups is 1. The SMILES string of the molecule is COc1ncccc1-c1nc2ncc(Cl)c(N[C@H]3[C@@H](OC(N)=O)[C@@H]4C=C[C@H]3C4)c2[nH]1. The Labute approximate surface area is 176 Å². The van der Waals surface area contributed by atoms with Crippen LogP contribution in [0.15, 0.2) is 36.7 Å². The maximum atomic E-state index is 11.4. The largest absolute Gasteiger partial charge is 0.480 e. The van der Waals surface area contributed by atoms with Crippen molar-refractivity contribution in [3.63, 3.8) is 0 Å². The Morgan fingerprint density at radius 2 is 2.17 bits per heavy atom. The van der Waals surface area contributed by atoms with Gasteiger partial charge in [-0.15, -0.1) is 0 Å². The van der Waals surface area contributed by atoms with Crippen molar-refractivity contribution >= 4 is 34.5 Å². The number of pyridine rings is 2. The van der Waals surface area contributed by atoms with Crippen molar-refractivity contribution in [2.75, 3.05) is 12.4 Å². The first-order valence-corrected chi connectivity index (χ1v) is 9.87. The Bertz CT molecular complexity index is 1160. The smallest absolute Gasteiger partial charge is 0.404 e. The van der Waals surface area contributed by atoms with Gasteiger partial charge >= 0.3 is 6.09 Å². The Morgan fingerprint density at radius 3 is 2.97 bits per heavy atom. The summed E-state index contributed by atoms with van der Waals surface area (Å²) in [4.78, 5) is 27.8. The summed E-state index contributed by atoms with van der Waals surface area (Å²) in [6.07, 6.45) is 7.14. The molecule has 9 nitrogen and oxygen atoms in total. The molecule has 0 aromatic carbocycles. The molecule has 0 unspecified atom stereocenters. The number of nitrogens with two attached hydrogens (primary N) is 1. The average molecular weight is 427 g/mol. The van der Waals surface area contributed by atoms with E-state index in [1.807, 2.05) is 6.07 Å². The van der Waals surface area contributed by atoms with E-state index in [-0.39, 0.29) is 24.0 Å². The molecular weight excluding hydrogens is 408 g/mol. The van der Waals surface area contributed by atoms with Crippen LogP contribution in [0.4, 0.5) is 10.5 Å². The highest BCUT2D eigenvalue weighted by Crippen LogP contribution is 2.44. The minimum absolute atomic E-state index is 0.132. The van der Waals surface area contributed by atoms with Gasteiger partial charge in [0, 0.05) is 18.0 Å². The van der Waals surface area contributed by atoms with Crippen molar-refractivity contribution in [3.05, 3.63) is 41.7 Å². The van der Waals surface area contributed by atoms with Crippen LogP contribution in [0.2, 0.25) is 5.02 Å². The second-order valence-electron chi connectivity index (χ2n) is 7.35. The number of nitrogens with zero attached hydrogens (tertiary/aromatic N) is 3. The number of rotatable bonds is 5. The number of anilines is 1. The maximum Gasteiger partial charge on any atom is 0.404 e. The van der Waals surface area contributed by atoms with E-state index in [1.54, 1.807) is 25.6 Å². The number of amides is 1. The number of H-pyrrole nitrogens is 1. The maximum absolute atomic E-state index is 11.4. The molecule has 0 saturated heterocycles. The summed E-state index contributed by atoms with van der Waals surface area (Å²) in [6, 6.07) is 3.50. The van der Waals surface area contributed by atoms with Crippen LogP contribution in [0, 0.1) is 11.8 Å². The Morgan fingerprint density at radius 1 is 1.33 bits per heavy atom. The zero-order chi connectivity index (χ0) is 20.8. The number of halogens is 1. The lowest BCUT2D eigenvalue weighted by molar-refractivity contribution is 0.0854. The lowest BCUT2D eigenvalue weighted by atomic mass is 9.98. The Balaban J connectivity index is 1.55. The van der Waals surface area contributed by atoms with Crippen LogP contribution in [-0.2, 0) is 4.74 Å². The number of imidazole rings is 1. The number of ether oxygens (including phenoxy) is 2. The summed E-state index contributed by atoms with van der Waals surface area (Å²) >= 11 is 6.49. The second kappa shape index (κ2) is 7.17. The first-order valence-electron chi connectivity index (χ1n) is 9.49. The number of methoxy groups -OCH3 is 1. The Kier molecular flexibility index (Phi) is 4.47. The first-order chi connectivity index (χ1) is 14.5. The van der Waals surface area contributed by atoms with E-state index in [1.165, 1.54) is 0 Å². The highest BCUT2D eigenvalue weighted by atomic mass is 35.5. The predicted molar refractivity (Wildman–Crippen MR) is 111 cm³/mol. The number of aromatic amines is 1. The molecule has 2 bridgehead atoms. The molecule has 3 aromatic rings. The first kappa shape index (κ1) is 18.7. The van der Waals surface area contributed by atoms with Gasteiger partial charge in [0.25, 0.3) is 0 Å². The van der Waals surface area contributed by atoms with E-state index in [9.17, 15) is 4.79 Å². The number of carbonyl (C=O) groups excluding carboxylic acids is 1. The zero-order valence-corrected chi connectivity index (χ0v) is 16.8. The van der Waals surface area contributed by atoms with Crippen LogP contribution in [0.3, 0.4) is 0 Å². The summed E-state index contributed by atoms with van der Waals surface area (Å²) in [5.74, 6) is 1.35. The van der Waals surface area contributed by atoms with Gasteiger partial charge in [-0.2, -0.15) is 0 Å². The van der Waals surface area contributed by atoms with E-state index < -0.39 is 6.09 Å². The quantitative estimate of drug-likeness (QED) is 0.534. The lowest BCUT2D eigenvalue weighted by Gasteiger charge is -2.29. The van der Waals surface area contributed by atoms with Gasteiger partial charge in [-0.05, 0) is 18.6 Å². The van der Waals surface area contributed by atoms with Crippen LogP contribution >= 0.6 is 11.6 Å². The highest BCUT2D eigenvalue weighted by Gasteiger charge is 2.47. The molecule has 2 aliphatic rings. The molecule has 30 heavy (non-hydrogen) atoms. The molecule has 0 spiro atoms. The number of hydrogen-bond donors (Lipinski definition) is 3. The minimum atomic E-state index is -0.786. The molecule has 3 heterocycles. The summed E-state index contributed by atoms with van der Waals surface area (Å²) in [7, 11) is 1.55. The van der Waals surface area contributed by atoms with Crippen molar-refractivity contribution in [1.29, 1.82) is 0 Å². The number of primary amides is 1. The monoisotopic (exact) mass is 426 g/mol.